The van der Waals surface area contributed by atoms with Gasteiger partial charge in [-0.15, -0.1) is 0 Å². The molecular formula is C12H18F2N2O3S. The van der Waals surface area contributed by atoms with Crippen LogP contribution in [-0.2, 0) is 14.8 Å². The molecule has 0 radical (unpaired) electrons. The Morgan fingerprint density at radius 2 is 1.95 bits per heavy atom. The summed E-state index contributed by atoms with van der Waals surface area (Å²) in [6.07, 6.45) is 0.465. The second-order valence-electron chi connectivity index (χ2n) is 4.12. The minimum Gasteiger partial charge on any atom is -0.383 e. The summed E-state index contributed by atoms with van der Waals surface area (Å²) in [6.45, 7) is 0.850. The van der Waals surface area contributed by atoms with Crippen LogP contribution in [0.2, 0.25) is 0 Å². The van der Waals surface area contributed by atoms with Gasteiger partial charge in [-0.2, -0.15) is 4.31 Å². The summed E-state index contributed by atoms with van der Waals surface area (Å²) in [6, 6.07) is 2.50. The maximum atomic E-state index is 13.2. The molecule has 1 aromatic carbocycles. The molecule has 0 amide bonds. The highest BCUT2D eigenvalue weighted by Crippen LogP contribution is 2.18. The van der Waals surface area contributed by atoms with Gasteiger partial charge >= 0.3 is 0 Å². The van der Waals surface area contributed by atoms with E-state index >= 15 is 0 Å². The first kappa shape index (κ1) is 17.0. The number of methoxy groups -OCH3 is 1. The van der Waals surface area contributed by atoms with Gasteiger partial charge in [-0.3, -0.25) is 0 Å². The summed E-state index contributed by atoms with van der Waals surface area (Å²) in [5, 5.41) is 0. The number of sulfonamides is 1. The molecule has 8 heteroatoms. The van der Waals surface area contributed by atoms with Crippen LogP contribution in [0.1, 0.15) is 6.42 Å². The molecule has 0 aliphatic carbocycles. The van der Waals surface area contributed by atoms with Gasteiger partial charge in [0.2, 0.25) is 10.0 Å². The van der Waals surface area contributed by atoms with Gasteiger partial charge in [-0.1, -0.05) is 0 Å². The lowest BCUT2D eigenvalue weighted by atomic mass is 10.3. The third-order valence-corrected chi connectivity index (χ3v) is 4.58. The van der Waals surface area contributed by atoms with E-state index in [-0.39, 0.29) is 24.6 Å². The number of nitrogens with two attached hydrogens (primary N) is 1. The lowest BCUT2D eigenvalue weighted by Gasteiger charge is -2.21. The van der Waals surface area contributed by atoms with Crippen LogP contribution >= 0.6 is 0 Å². The van der Waals surface area contributed by atoms with Crippen LogP contribution in [0.15, 0.2) is 23.1 Å². The summed E-state index contributed by atoms with van der Waals surface area (Å²) >= 11 is 0. The Morgan fingerprint density at radius 3 is 2.50 bits per heavy atom. The lowest BCUT2D eigenvalue weighted by Crippen LogP contribution is -2.35. The van der Waals surface area contributed by atoms with Gasteiger partial charge in [0.05, 0.1) is 11.5 Å². The quantitative estimate of drug-likeness (QED) is 0.776. The third kappa shape index (κ3) is 4.20. The Hall–Kier alpha value is -1.09. The van der Waals surface area contributed by atoms with Crippen LogP contribution in [0, 0.1) is 11.6 Å². The minimum absolute atomic E-state index is 0.123. The highest BCUT2D eigenvalue weighted by molar-refractivity contribution is 7.89. The molecule has 0 bridgehead atoms. The summed E-state index contributed by atoms with van der Waals surface area (Å²) in [5.41, 5.74) is 5.37. The first-order valence-corrected chi connectivity index (χ1v) is 7.51. The average Bonchev–Trinajstić information content (AvgIpc) is 2.41. The summed E-state index contributed by atoms with van der Waals surface area (Å²) in [4.78, 5) is -0.287. The SMILES string of the molecule is COCCN(CCCN)S(=O)(=O)c1ccc(F)c(F)c1. The predicted octanol–water partition coefficient (Wildman–Crippen LogP) is 0.951. The first-order valence-electron chi connectivity index (χ1n) is 6.07. The average molecular weight is 308 g/mol. The molecule has 1 rings (SSSR count). The van der Waals surface area contributed by atoms with Crippen molar-refractivity contribution < 1.29 is 21.9 Å². The molecule has 114 valence electrons. The first-order chi connectivity index (χ1) is 9.43. The minimum atomic E-state index is -3.89. The highest BCUT2D eigenvalue weighted by atomic mass is 32.2. The Kier molecular flexibility index (Phi) is 6.47. The van der Waals surface area contributed by atoms with Crippen molar-refractivity contribution in [2.45, 2.75) is 11.3 Å². The fraction of sp³-hybridized carbons (Fsp3) is 0.500. The van der Waals surface area contributed by atoms with E-state index in [2.05, 4.69) is 0 Å². The van der Waals surface area contributed by atoms with Crippen molar-refractivity contribution in [2.75, 3.05) is 33.4 Å². The Morgan fingerprint density at radius 1 is 1.25 bits per heavy atom. The van der Waals surface area contributed by atoms with Crippen LogP contribution < -0.4 is 5.73 Å². The topological polar surface area (TPSA) is 72.6 Å². The van der Waals surface area contributed by atoms with Crippen molar-refractivity contribution in [1.29, 1.82) is 0 Å². The molecule has 0 aliphatic heterocycles. The van der Waals surface area contributed by atoms with Gasteiger partial charge in [-0.05, 0) is 31.2 Å². The monoisotopic (exact) mass is 308 g/mol. The molecule has 5 nitrogen and oxygen atoms in total. The molecule has 0 saturated heterocycles. The lowest BCUT2D eigenvalue weighted by molar-refractivity contribution is 0.178. The number of hydrogen-bond donors (Lipinski definition) is 1. The molecule has 0 atom stereocenters. The number of benzene rings is 1. The maximum Gasteiger partial charge on any atom is 0.243 e. The number of nitrogens with zero attached hydrogens (tertiary/aromatic N) is 1. The van der Waals surface area contributed by atoms with Crippen molar-refractivity contribution in [1.82, 2.24) is 4.31 Å². The van der Waals surface area contributed by atoms with Crippen LogP contribution in [0.3, 0.4) is 0 Å². The van der Waals surface area contributed by atoms with Gasteiger partial charge in [0.15, 0.2) is 11.6 Å². The smallest absolute Gasteiger partial charge is 0.243 e. The van der Waals surface area contributed by atoms with Crippen LogP contribution in [0.25, 0.3) is 0 Å². The second-order valence-corrected chi connectivity index (χ2v) is 6.05. The van der Waals surface area contributed by atoms with E-state index in [4.69, 9.17) is 10.5 Å². The van der Waals surface area contributed by atoms with Gasteiger partial charge in [0, 0.05) is 20.2 Å². The van der Waals surface area contributed by atoms with Gasteiger partial charge in [0.25, 0.3) is 0 Å². The zero-order chi connectivity index (χ0) is 15.2. The van der Waals surface area contributed by atoms with E-state index < -0.39 is 21.7 Å². The van der Waals surface area contributed by atoms with Crippen molar-refractivity contribution in [3.63, 3.8) is 0 Å². The fourth-order valence-electron chi connectivity index (χ4n) is 1.60. The second kappa shape index (κ2) is 7.63. The molecule has 1 aromatic rings. The van der Waals surface area contributed by atoms with Crippen molar-refractivity contribution in [3.8, 4) is 0 Å². The third-order valence-electron chi connectivity index (χ3n) is 2.69. The molecule has 0 aromatic heterocycles. The largest absolute Gasteiger partial charge is 0.383 e. The molecule has 0 unspecified atom stereocenters. The van der Waals surface area contributed by atoms with Crippen LogP contribution in [-0.4, -0.2) is 46.1 Å². The molecule has 0 aliphatic rings. The molecule has 0 fully saturated rings. The number of ether oxygens (including phenoxy) is 1. The fourth-order valence-corrected chi connectivity index (χ4v) is 3.07. The molecule has 20 heavy (non-hydrogen) atoms. The Bertz CT molecular complexity index is 530. The highest BCUT2D eigenvalue weighted by Gasteiger charge is 2.24. The summed E-state index contributed by atoms with van der Waals surface area (Å²) in [5.74, 6) is -2.29. The van der Waals surface area contributed by atoms with Crippen LogP contribution in [0.4, 0.5) is 8.78 Å². The Balaban J connectivity index is 3.03. The van der Waals surface area contributed by atoms with Gasteiger partial charge < -0.3 is 10.5 Å². The van der Waals surface area contributed by atoms with E-state index in [1.807, 2.05) is 0 Å². The summed E-state index contributed by atoms with van der Waals surface area (Å²) < 4.78 is 56.7. The van der Waals surface area contributed by atoms with Gasteiger partial charge in [-0.25, -0.2) is 17.2 Å². The van der Waals surface area contributed by atoms with Crippen molar-refractivity contribution in [2.24, 2.45) is 5.73 Å². The van der Waals surface area contributed by atoms with Crippen molar-refractivity contribution >= 4 is 10.0 Å². The van der Waals surface area contributed by atoms with Crippen LogP contribution in [0.5, 0.6) is 0 Å². The van der Waals surface area contributed by atoms with E-state index in [0.29, 0.717) is 19.0 Å². The number of hydrogen-bond acceptors (Lipinski definition) is 4. The maximum absolute atomic E-state index is 13.2. The Labute approximate surface area is 117 Å². The van der Waals surface area contributed by atoms with E-state index in [0.717, 1.165) is 16.4 Å². The zero-order valence-corrected chi connectivity index (χ0v) is 12.0. The summed E-state index contributed by atoms with van der Waals surface area (Å²) in [7, 11) is -2.44. The molecule has 0 spiro atoms. The molecule has 0 saturated carbocycles. The van der Waals surface area contributed by atoms with E-state index in [1.165, 1.54) is 7.11 Å². The van der Waals surface area contributed by atoms with Gasteiger partial charge in [0.1, 0.15) is 0 Å². The number of rotatable bonds is 8. The molecule has 0 heterocycles. The normalized spacial score (nSPS) is 12.1. The van der Waals surface area contributed by atoms with E-state index in [1.54, 1.807) is 0 Å². The predicted molar refractivity (Wildman–Crippen MR) is 70.7 cm³/mol. The molecular weight excluding hydrogens is 290 g/mol. The van der Waals surface area contributed by atoms with E-state index in [9.17, 15) is 17.2 Å². The van der Waals surface area contributed by atoms with Crippen molar-refractivity contribution in [3.05, 3.63) is 29.8 Å². The number of halogens is 2. The standard InChI is InChI=1S/C12H18F2N2O3S/c1-19-8-7-16(6-2-5-15)20(17,18)10-3-4-11(13)12(14)9-10/h3-4,9H,2,5-8,15H2,1H3. The molecule has 2 N–H and O–H groups in total. The zero-order valence-electron chi connectivity index (χ0n) is 11.2.